The molecule has 1 aliphatic heterocycles. The average Bonchev–Trinajstić information content (AvgIpc) is 2.18. The van der Waals surface area contributed by atoms with Crippen LogP contribution in [0.1, 0.15) is 46.5 Å². The van der Waals surface area contributed by atoms with Gasteiger partial charge >= 0.3 is 0 Å². The van der Waals surface area contributed by atoms with Crippen LogP contribution in [0.4, 0.5) is 0 Å². The van der Waals surface area contributed by atoms with Crippen LogP contribution in [0.5, 0.6) is 0 Å². The summed E-state index contributed by atoms with van der Waals surface area (Å²) < 4.78 is 0. The van der Waals surface area contributed by atoms with Gasteiger partial charge in [0.05, 0.1) is 5.54 Å². The van der Waals surface area contributed by atoms with Crippen LogP contribution < -0.4 is 5.73 Å². The lowest BCUT2D eigenvalue weighted by molar-refractivity contribution is -0.138. The first-order chi connectivity index (χ1) is 6.97. The Kier molecular flexibility index (Phi) is 4.14. The molecule has 0 aliphatic carbocycles. The summed E-state index contributed by atoms with van der Waals surface area (Å²) in [5.41, 5.74) is 5.39. The summed E-state index contributed by atoms with van der Waals surface area (Å²) in [6.07, 6.45) is 3.97. The summed E-state index contributed by atoms with van der Waals surface area (Å²) in [6.45, 7) is 7.94. The van der Waals surface area contributed by atoms with Crippen LogP contribution >= 0.6 is 0 Å². The Morgan fingerprint density at radius 2 is 2.00 bits per heavy atom. The van der Waals surface area contributed by atoms with E-state index < -0.39 is 5.54 Å². The minimum absolute atomic E-state index is 0.135. The molecule has 0 saturated carbocycles. The third kappa shape index (κ3) is 3.20. The highest BCUT2D eigenvalue weighted by atomic mass is 16.2. The van der Waals surface area contributed by atoms with E-state index in [9.17, 15) is 4.79 Å². The zero-order chi connectivity index (χ0) is 11.5. The molecule has 1 heterocycles. The van der Waals surface area contributed by atoms with Crippen LogP contribution in [-0.2, 0) is 4.79 Å². The maximum absolute atomic E-state index is 12.1. The fourth-order valence-electron chi connectivity index (χ4n) is 2.20. The van der Waals surface area contributed by atoms with Crippen LogP contribution in [0.25, 0.3) is 0 Å². The summed E-state index contributed by atoms with van der Waals surface area (Å²) in [6, 6.07) is 0. The summed E-state index contributed by atoms with van der Waals surface area (Å²) in [5, 5.41) is 0. The number of amides is 1. The molecule has 0 bridgehead atoms. The van der Waals surface area contributed by atoms with Gasteiger partial charge in [0.15, 0.2) is 0 Å². The molecular weight excluding hydrogens is 188 g/mol. The SMILES string of the molecule is CCCC(C)(N)C(=O)N1CCC(C)CC1. The lowest BCUT2D eigenvalue weighted by Gasteiger charge is -2.36. The van der Waals surface area contributed by atoms with Crippen LogP contribution in [-0.4, -0.2) is 29.4 Å². The molecule has 0 aromatic rings. The van der Waals surface area contributed by atoms with Gasteiger partial charge in [-0.15, -0.1) is 0 Å². The van der Waals surface area contributed by atoms with Gasteiger partial charge in [-0.05, 0) is 32.1 Å². The van der Waals surface area contributed by atoms with Gasteiger partial charge in [0.2, 0.25) is 5.91 Å². The van der Waals surface area contributed by atoms with E-state index in [0.717, 1.165) is 44.7 Å². The topological polar surface area (TPSA) is 46.3 Å². The summed E-state index contributed by atoms with van der Waals surface area (Å²) in [7, 11) is 0. The summed E-state index contributed by atoms with van der Waals surface area (Å²) in [4.78, 5) is 14.1. The molecule has 0 radical (unpaired) electrons. The van der Waals surface area contributed by atoms with Crippen LogP contribution in [0.2, 0.25) is 0 Å². The maximum Gasteiger partial charge on any atom is 0.242 e. The fraction of sp³-hybridized carbons (Fsp3) is 0.917. The third-order valence-electron chi connectivity index (χ3n) is 3.33. The van der Waals surface area contributed by atoms with Gasteiger partial charge in [-0.3, -0.25) is 4.79 Å². The van der Waals surface area contributed by atoms with E-state index in [1.165, 1.54) is 0 Å². The van der Waals surface area contributed by atoms with Gasteiger partial charge in [-0.25, -0.2) is 0 Å². The Balaban J connectivity index is 2.53. The minimum Gasteiger partial charge on any atom is -0.341 e. The van der Waals surface area contributed by atoms with Crippen molar-refractivity contribution in [1.82, 2.24) is 4.90 Å². The quantitative estimate of drug-likeness (QED) is 0.775. The first-order valence-electron chi connectivity index (χ1n) is 6.05. The Hall–Kier alpha value is -0.570. The zero-order valence-corrected chi connectivity index (χ0v) is 10.3. The average molecular weight is 212 g/mol. The molecule has 0 aromatic heterocycles. The number of hydrogen-bond acceptors (Lipinski definition) is 2. The van der Waals surface area contributed by atoms with Crippen LogP contribution in [0.15, 0.2) is 0 Å². The van der Waals surface area contributed by atoms with E-state index >= 15 is 0 Å². The number of nitrogens with zero attached hydrogens (tertiary/aromatic N) is 1. The molecule has 15 heavy (non-hydrogen) atoms. The molecule has 1 atom stereocenters. The molecule has 1 unspecified atom stereocenters. The number of piperidine rings is 1. The summed E-state index contributed by atoms with van der Waals surface area (Å²) in [5.74, 6) is 0.889. The zero-order valence-electron chi connectivity index (χ0n) is 10.3. The molecule has 1 fully saturated rings. The van der Waals surface area contributed by atoms with Crippen molar-refractivity contribution in [3.63, 3.8) is 0 Å². The molecular formula is C12H24N2O. The van der Waals surface area contributed by atoms with Crippen LogP contribution in [0, 0.1) is 5.92 Å². The normalized spacial score (nSPS) is 22.5. The molecule has 2 N–H and O–H groups in total. The van der Waals surface area contributed by atoms with Crippen molar-refractivity contribution in [2.24, 2.45) is 11.7 Å². The van der Waals surface area contributed by atoms with Gasteiger partial charge < -0.3 is 10.6 Å². The van der Waals surface area contributed by atoms with Crippen molar-refractivity contribution in [2.75, 3.05) is 13.1 Å². The second-order valence-electron chi connectivity index (χ2n) is 5.14. The molecule has 0 spiro atoms. The Morgan fingerprint density at radius 1 is 1.47 bits per heavy atom. The second-order valence-corrected chi connectivity index (χ2v) is 5.14. The van der Waals surface area contributed by atoms with E-state index in [4.69, 9.17) is 5.73 Å². The molecule has 1 rings (SSSR count). The van der Waals surface area contributed by atoms with Crippen molar-refractivity contribution in [3.8, 4) is 0 Å². The van der Waals surface area contributed by atoms with Gasteiger partial charge in [-0.1, -0.05) is 20.3 Å². The highest BCUT2D eigenvalue weighted by Gasteiger charge is 2.32. The largest absolute Gasteiger partial charge is 0.341 e. The van der Waals surface area contributed by atoms with E-state index in [0.29, 0.717) is 0 Å². The molecule has 1 amide bonds. The second kappa shape index (κ2) is 4.97. The number of nitrogens with two attached hydrogens (primary N) is 1. The van der Waals surface area contributed by atoms with Gasteiger partial charge in [-0.2, -0.15) is 0 Å². The van der Waals surface area contributed by atoms with E-state index in [1.807, 2.05) is 11.8 Å². The molecule has 1 aliphatic rings. The highest BCUT2D eigenvalue weighted by Crippen LogP contribution is 2.20. The molecule has 88 valence electrons. The van der Waals surface area contributed by atoms with Crippen molar-refractivity contribution in [2.45, 2.75) is 52.0 Å². The Morgan fingerprint density at radius 3 is 2.47 bits per heavy atom. The summed E-state index contributed by atoms with van der Waals surface area (Å²) >= 11 is 0. The Bertz CT molecular complexity index is 218. The van der Waals surface area contributed by atoms with E-state index in [-0.39, 0.29) is 5.91 Å². The molecule has 0 aromatic carbocycles. The monoisotopic (exact) mass is 212 g/mol. The van der Waals surface area contributed by atoms with Gasteiger partial charge in [0, 0.05) is 13.1 Å². The first-order valence-corrected chi connectivity index (χ1v) is 6.05. The molecule has 3 heteroatoms. The first kappa shape index (κ1) is 12.5. The Labute approximate surface area is 93.0 Å². The number of carbonyl (C=O) groups excluding carboxylic acids is 1. The van der Waals surface area contributed by atoms with E-state index in [2.05, 4.69) is 13.8 Å². The van der Waals surface area contributed by atoms with Crippen molar-refractivity contribution >= 4 is 5.91 Å². The number of carbonyl (C=O) groups is 1. The van der Waals surface area contributed by atoms with Crippen LogP contribution in [0.3, 0.4) is 0 Å². The molecule has 3 nitrogen and oxygen atoms in total. The lowest BCUT2D eigenvalue weighted by Crippen LogP contribution is -2.54. The van der Waals surface area contributed by atoms with Crippen molar-refractivity contribution < 1.29 is 4.79 Å². The highest BCUT2D eigenvalue weighted by molar-refractivity contribution is 5.85. The lowest BCUT2D eigenvalue weighted by atomic mass is 9.93. The number of rotatable bonds is 3. The predicted molar refractivity (Wildman–Crippen MR) is 62.5 cm³/mol. The molecule has 1 saturated heterocycles. The standard InChI is InChI=1S/C12H24N2O/c1-4-7-12(3,13)11(15)14-8-5-10(2)6-9-14/h10H,4-9,13H2,1-3H3. The smallest absolute Gasteiger partial charge is 0.242 e. The van der Waals surface area contributed by atoms with E-state index in [1.54, 1.807) is 0 Å². The van der Waals surface area contributed by atoms with Gasteiger partial charge in [0.1, 0.15) is 0 Å². The minimum atomic E-state index is -0.657. The third-order valence-corrected chi connectivity index (χ3v) is 3.33. The maximum atomic E-state index is 12.1. The predicted octanol–water partition coefficient (Wildman–Crippen LogP) is 1.76. The number of hydrogen-bond donors (Lipinski definition) is 1. The fourth-order valence-corrected chi connectivity index (χ4v) is 2.20. The van der Waals surface area contributed by atoms with Crippen molar-refractivity contribution in [1.29, 1.82) is 0 Å². The van der Waals surface area contributed by atoms with Crippen molar-refractivity contribution in [3.05, 3.63) is 0 Å². The van der Waals surface area contributed by atoms with Gasteiger partial charge in [0.25, 0.3) is 0 Å². The number of likely N-dealkylation sites (tertiary alicyclic amines) is 1.